The van der Waals surface area contributed by atoms with Gasteiger partial charge in [0.2, 0.25) is 0 Å². The molecule has 0 aliphatic carbocycles. The van der Waals surface area contributed by atoms with Crippen molar-refractivity contribution in [3.8, 4) is 23.0 Å². The van der Waals surface area contributed by atoms with E-state index in [-0.39, 0.29) is 6.61 Å². The number of hydrogen-bond acceptors (Lipinski definition) is 7. The standard InChI is InChI=1S/C33H30NO7/c1-3-4-15-34-16-13-22(14-17-34)20-38-23-9-11-27-29(18-23)40-30-19-24(39-21-31(35)37-2)10-12-28(30)33(27)26-8-6-5-7-25(26)32(36)41-33/h5-14,16-19H,3-4,15,20-21H2,1-2H3/q+1. The number of methoxy groups -OCH3 is 1. The third-order valence-corrected chi connectivity index (χ3v) is 7.38. The quantitative estimate of drug-likeness (QED) is 0.201. The van der Waals surface area contributed by atoms with Gasteiger partial charge in [-0.05, 0) is 30.3 Å². The number of unbranched alkanes of at least 4 members (excludes halogenated alkanes) is 1. The smallest absolute Gasteiger partial charge is 0.343 e. The van der Waals surface area contributed by atoms with E-state index in [0.717, 1.165) is 30.5 Å². The van der Waals surface area contributed by atoms with Gasteiger partial charge in [0.1, 0.15) is 36.1 Å². The van der Waals surface area contributed by atoms with Crippen LogP contribution in [-0.2, 0) is 33.0 Å². The number of ether oxygens (including phenoxy) is 5. The van der Waals surface area contributed by atoms with Crippen LogP contribution in [0.15, 0.2) is 85.2 Å². The monoisotopic (exact) mass is 552 g/mol. The molecule has 4 aromatic rings. The van der Waals surface area contributed by atoms with Gasteiger partial charge >= 0.3 is 11.9 Å². The van der Waals surface area contributed by atoms with Gasteiger partial charge in [0, 0.05) is 52.9 Å². The third-order valence-electron chi connectivity index (χ3n) is 7.38. The number of rotatable bonds is 9. The van der Waals surface area contributed by atoms with Crippen molar-refractivity contribution >= 4 is 11.9 Å². The van der Waals surface area contributed by atoms with E-state index in [4.69, 9.17) is 18.9 Å². The van der Waals surface area contributed by atoms with Gasteiger partial charge in [-0.2, -0.15) is 0 Å². The molecular formula is C33H30NO7+. The molecule has 1 spiro atoms. The Morgan fingerprint density at radius 2 is 1.56 bits per heavy atom. The Bertz CT molecular complexity index is 1610. The summed E-state index contributed by atoms with van der Waals surface area (Å²) in [5.41, 5.74) is 2.41. The molecular weight excluding hydrogens is 522 g/mol. The van der Waals surface area contributed by atoms with Gasteiger partial charge in [0.15, 0.2) is 24.6 Å². The van der Waals surface area contributed by atoms with E-state index < -0.39 is 17.5 Å². The highest BCUT2D eigenvalue weighted by Crippen LogP contribution is 2.57. The Morgan fingerprint density at radius 1 is 0.878 bits per heavy atom. The van der Waals surface area contributed by atoms with Gasteiger partial charge in [-0.3, -0.25) is 0 Å². The highest BCUT2D eigenvalue weighted by Gasteiger charge is 2.53. The maximum Gasteiger partial charge on any atom is 0.343 e. The zero-order valence-corrected chi connectivity index (χ0v) is 22.9. The Hall–Kier alpha value is -4.85. The molecule has 0 bridgehead atoms. The van der Waals surface area contributed by atoms with Crippen LogP contribution in [0.5, 0.6) is 23.0 Å². The molecule has 0 saturated heterocycles. The second kappa shape index (κ2) is 11.0. The van der Waals surface area contributed by atoms with Gasteiger partial charge in [-0.1, -0.05) is 31.5 Å². The molecule has 208 valence electrons. The lowest BCUT2D eigenvalue weighted by atomic mass is 9.77. The fourth-order valence-electron chi connectivity index (χ4n) is 5.26. The summed E-state index contributed by atoms with van der Waals surface area (Å²) in [5, 5.41) is 0. The van der Waals surface area contributed by atoms with Crippen molar-refractivity contribution in [2.75, 3.05) is 13.7 Å². The van der Waals surface area contributed by atoms with Crippen LogP contribution >= 0.6 is 0 Å². The van der Waals surface area contributed by atoms with E-state index in [1.807, 2.05) is 30.3 Å². The molecule has 0 radical (unpaired) electrons. The number of aryl methyl sites for hydroxylation is 1. The average molecular weight is 553 g/mol. The predicted octanol–water partition coefficient (Wildman–Crippen LogP) is 5.47. The summed E-state index contributed by atoms with van der Waals surface area (Å²) in [6.07, 6.45) is 6.42. The summed E-state index contributed by atoms with van der Waals surface area (Å²) in [5.74, 6) is 1.06. The highest BCUT2D eigenvalue weighted by atomic mass is 16.6. The van der Waals surface area contributed by atoms with Crippen LogP contribution in [0.25, 0.3) is 0 Å². The molecule has 0 N–H and O–H groups in total. The summed E-state index contributed by atoms with van der Waals surface area (Å²) >= 11 is 0. The van der Waals surface area contributed by atoms with E-state index in [1.54, 1.807) is 30.3 Å². The van der Waals surface area contributed by atoms with Gasteiger partial charge in [0.05, 0.1) is 12.7 Å². The summed E-state index contributed by atoms with van der Waals surface area (Å²) in [6, 6.07) is 22.2. The molecule has 8 heteroatoms. The van der Waals surface area contributed by atoms with Crippen molar-refractivity contribution in [2.45, 2.75) is 38.5 Å². The third kappa shape index (κ3) is 4.86. The summed E-state index contributed by atoms with van der Waals surface area (Å²) < 4.78 is 31.2. The van der Waals surface area contributed by atoms with E-state index in [0.29, 0.717) is 46.3 Å². The van der Waals surface area contributed by atoms with E-state index >= 15 is 0 Å². The first-order valence-corrected chi connectivity index (χ1v) is 13.6. The first-order chi connectivity index (χ1) is 20.0. The van der Waals surface area contributed by atoms with Gasteiger partial charge in [-0.25, -0.2) is 14.2 Å². The minimum atomic E-state index is -1.21. The number of carbonyl (C=O) groups excluding carboxylic acids is 2. The summed E-state index contributed by atoms with van der Waals surface area (Å²) in [4.78, 5) is 24.7. The van der Waals surface area contributed by atoms with Crippen molar-refractivity contribution < 1.29 is 37.8 Å². The number of hydrogen-bond donors (Lipinski definition) is 0. The molecule has 41 heavy (non-hydrogen) atoms. The first-order valence-electron chi connectivity index (χ1n) is 13.6. The number of benzene rings is 3. The second-order valence-corrected chi connectivity index (χ2v) is 9.99. The van der Waals surface area contributed by atoms with Crippen LogP contribution in [0.2, 0.25) is 0 Å². The number of nitrogens with zero attached hydrogens (tertiary/aromatic N) is 1. The predicted molar refractivity (Wildman–Crippen MR) is 148 cm³/mol. The molecule has 3 heterocycles. The maximum atomic E-state index is 13.1. The summed E-state index contributed by atoms with van der Waals surface area (Å²) in [7, 11) is 1.30. The number of carbonyl (C=O) groups is 2. The molecule has 1 atom stereocenters. The first kappa shape index (κ1) is 26.4. The Labute approximate surface area is 238 Å². The van der Waals surface area contributed by atoms with Crippen LogP contribution in [0.1, 0.15) is 52.4 Å². The van der Waals surface area contributed by atoms with Crippen LogP contribution in [0.4, 0.5) is 0 Å². The van der Waals surface area contributed by atoms with E-state index in [1.165, 1.54) is 7.11 Å². The number of aromatic nitrogens is 1. The molecule has 2 aliphatic rings. The summed E-state index contributed by atoms with van der Waals surface area (Å²) in [6.45, 7) is 3.31. The van der Waals surface area contributed by atoms with Crippen molar-refractivity contribution in [2.24, 2.45) is 0 Å². The van der Waals surface area contributed by atoms with Crippen LogP contribution in [-0.4, -0.2) is 25.7 Å². The van der Waals surface area contributed by atoms with Crippen molar-refractivity contribution in [3.63, 3.8) is 0 Å². The molecule has 1 aromatic heterocycles. The van der Waals surface area contributed by atoms with Crippen LogP contribution < -0.4 is 18.8 Å². The molecule has 1 unspecified atom stereocenters. The zero-order valence-electron chi connectivity index (χ0n) is 22.9. The molecule has 8 nitrogen and oxygen atoms in total. The highest BCUT2D eigenvalue weighted by molar-refractivity contribution is 5.97. The fourth-order valence-corrected chi connectivity index (χ4v) is 5.26. The fraction of sp³-hybridized carbons (Fsp3) is 0.242. The SMILES string of the molecule is CCCC[n+]1ccc(COc2ccc3c(c2)Oc2cc(OCC(=O)OC)ccc2C32OC(=O)c3ccccc32)cc1. The van der Waals surface area contributed by atoms with Gasteiger partial charge in [-0.15, -0.1) is 0 Å². The van der Waals surface area contributed by atoms with Gasteiger partial charge in [0.25, 0.3) is 0 Å². The number of pyridine rings is 1. The molecule has 0 amide bonds. The average Bonchev–Trinajstić information content (AvgIpc) is 3.30. The van der Waals surface area contributed by atoms with Crippen molar-refractivity contribution in [3.05, 3.63) is 113 Å². The van der Waals surface area contributed by atoms with Crippen LogP contribution in [0.3, 0.4) is 0 Å². The lowest BCUT2D eigenvalue weighted by Gasteiger charge is -2.36. The largest absolute Gasteiger partial charge is 0.489 e. The normalized spacial score (nSPS) is 16.2. The topological polar surface area (TPSA) is 84.2 Å². The molecule has 6 rings (SSSR count). The van der Waals surface area contributed by atoms with E-state index in [9.17, 15) is 9.59 Å². The van der Waals surface area contributed by atoms with E-state index in [2.05, 4.69) is 40.8 Å². The second-order valence-electron chi connectivity index (χ2n) is 9.99. The van der Waals surface area contributed by atoms with Crippen molar-refractivity contribution in [1.29, 1.82) is 0 Å². The molecule has 0 fully saturated rings. The lowest BCUT2D eigenvalue weighted by Crippen LogP contribution is -2.33. The van der Waals surface area contributed by atoms with Gasteiger partial charge < -0.3 is 23.7 Å². The Balaban J connectivity index is 1.34. The Morgan fingerprint density at radius 3 is 2.24 bits per heavy atom. The molecule has 0 saturated carbocycles. The zero-order chi connectivity index (χ0) is 28.4. The number of esters is 2. The van der Waals surface area contributed by atoms with Crippen LogP contribution in [0, 0.1) is 0 Å². The van der Waals surface area contributed by atoms with Crippen molar-refractivity contribution in [1.82, 2.24) is 0 Å². The molecule has 2 aliphatic heterocycles. The minimum absolute atomic E-state index is 0.245. The maximum absolute atomic E-state index is 13.1. The number of fused-ring (bicyclic) bond motifs is 6. The Kier molecular flexibility index (Phi) is 7.05. The molecule has 3 aromatic carbocycles. The minimum Gasteiger partial charge on any atom is -0.489 e. The lowest BCUT2D eigenvalue weighted by molar-refractivity contribution is -0.697.